The molecule has 1 aromatic rings. The average molecular weight is 188 g/mol. The van der Waals surface area contributed by atoms with E-state index < -0.39 is 0 Å². The van der Waals surface area contributed by atoms with Crippen LogP contribution in [0.15, 0.2) is 18.2 Å². The summed E-state index contributed by atoms with van der Waals surface area (Å²) < 4.78 is 0. The summed E-state index contributed by atoms with van der Waals surface area (Å²) in [6.45, 7) is 2.32. The molecule has 1 unspecified atom stereocenters. The second-order valence-corrected chi connectivity index (χ2v) is 4.32. The first-order valence-electron chi connectivity index (χ1n) is 5.42. The lowest BCUT2D eigenvalue weighted by Gasteiger charge is -2.37. The second-order valence-electron chi connectivity index (χ2n) is 4.32. The Bertz CT molecular complexity index is 359. The molecule has 0 saturated carbocycles. The van der Waals surface area contributed by atoms with Crippen LogP contribution in [0.2, 0.25) is 0 Å². The minimum Gasteiger partial charge on any atom is -0.374 e. The highest BCUT2D eigenvalue weighted by Crippen LogP contribution is 2.37. The topological polar surface area (TPSA) is 15.3 Å². The monoisotopic (exact) mass is 188 g/mol. The first-order chi connectivity index (χ1) is 6.86. The van der Waals surface area contributed by atoms with Crippen molar-refractivity contribution in [2.75, 3.05) is 25.0 Å². The summed E-state index contributed by atoms with van der Waals surface area (Å²) in [5, 5.41) is 3.61. The molecule has 2 aliphatic heterocycles. The fraction of sp³-hybridized carbons (Fsp3) is 0.500. The molecule has 0 radical (unpaired) electrons. The maximum Gasteiger partial charge on any atom is 0.0414 e. The number of nitrogens with zero attached hydrogens (tertiary/aromatic N) is 1. The highest BCUT2D eigenvalue weighted by atomic mass is 15.1. The molecule has 2 nitrogen and oxygen atoms in total. The van der Waals surface area contributed by atoms with Gasteiger partial charge in [-0.3, -0.25) is 0 Å². The standard InChI is InChI=1S/C12H16N2/c1-14-8-6-10-12-9(5-7-13-10)3-2-4-11(12)14/h2-4,10,13H,5-8H2,1H3. The molecule has 0 spiro atoms. The number of hydrogen-bond acceptors (Lipinski definition) is 2. The van der Waals surface area contributed by atoms with E-state index in [0.717, 1.165) is 6.54 Å². The van der Waals surface area contributed by atoms with Crippen LogP contribution in [0.5, 0.6) is 0 Å². The average Bonchev–Trinajstić information content (AvgIpc) is 2.24. The van der Waals surface area contributed by atoms with E-state index in [9.17, 15) is 0 Å². The van der Waals surface area contributed by atoms with Gasteiger partial charge in [0.2, 0.25) is 0 Å². The molecule has 0 fully saturated rings. The molecule has 0 aromatic heterocycles. The van der Waals surface area contributed by atoms with Crippen LogP contribution in [0.1, 0.15) is 23.6 Å². The van der Waals surface area contributed by atoms with E-state index >= 15 is 0 Å². The molecular formula is C12H16N2. The second kappa shape index (κ2) is 2.99. The van der Waals surface area contributed by atoms with Gasteiger partial charge in [0.25, 0.3) is 0 Å². The van der Waals surface area contributed by atoms with Gasteiger partial charge in [-0.05, 0) is 36.6 Å². The highest BCUT2D eigenvalue weighted by molar-refractivity contribution is 5.60. The summed E-state index contributed by atoms with van der Waals surface area (Å²) in [6.07, 6.45) is 2.44. The third-order valence-electron chi connectivity index (χ3n) is 3.47. The number of anilines is 1. The van der Waals surface area contributed by atoms with E-state index in [1.54, 1.807) is 11.1 Å². The van der Waals surface area contributed by atoms with Crippen molar-refractivity contribution in [3.05, 3.63) is 29.3 Å². The molecule has 14 heavy (non-hydrogen) atoms. The summed E-state index contributed by atoms with van der Waals surface area (Å²) in [6, 6.07) is 7.34. The molecule has 3 rings (SSSR count). The predicted molar refractivity (Wildman–Crippen MR) is 58.8 cm³/mol. The molecule has 1 atom stereocenters. The normalized spacial score (nSPS) is 24.6. The van der Waals surface area contributed by atoms with Gasteiger partial charge in [0, 0.05) is 25.3 Å². The summed E-state index contributed by atoms with van der Waals surface area (Å²) in [5.41, 5.74) is 4.55. The summed E-state index contributed by atoms with van der Waals surface area (Å²) >= 11 is 0. The summed E-state index contributed by atoms with van der Waals surface area (Å²) in [7, 11) is 2.19. The molecule has 0 bridgehead atoms. The number of benzene rings is 1. The number of hydrogen-bond donors (Lipinski definition) is 1. The first-order valence-corrected chi connectivity index (χ1v) is 5.42. The lowest BCUT2D eigenvalue weighted by atomic mass is 9.88. The van der Waals surface area contributed by atoms with Crippen LogP contribution >= 0.6 is 0 Å². The van der Waals surface area contributed by atoms with E-state index in [2.05, 4.69) is 35.5 Å². The van der Waals surface area contributed by atoms with E-state index in [-0.39, 0.29) is 0 Å². The van der Waals surface area contributed by atoms with Crippen LogP contribution in [-0.4, -0.2) is 20.1 Å². The zero-order valence-electron chi connectivity index (χ0n) is 8.59. The minimum absolute atomic E-state index is 0.617. The Hall–Kier alpha value is -1.02. The third-order valence-corrected chi connectivity index (χ3v) is 3.47. The van der Waals surface area contributed by atoms with Crippen LogP contribution < -0.4 is 10.2 Å². The Kier molecular flexibility index (Phi) is 1.77. The Morgan fingerprint density at radius 1 is 1.43 bits per heavy atom. The molecule has 1 aromatic carbocycles. The fourth-order valence-electron chi connectivity index (χ4n) is 2.73. The molecular weight excluding hydrogens is 172 g/mol. The van der Waals surface area contributed by atoms with Crippen molar-refractivity contribution < 1.29 is 0 Å². The SMILES string of the molecule is CN1CCC2NCCc3cccc1c32. The van der Waals surface area contributed by atoms with Crippen molar-refractivity contribution in [2.24, 2.45) is 0 Å². The van der Waals surface area contributed by atoms with Crippen LogP contribution in [0.3, 0.4) is 0 Å². The minimum atomic E-state index is 0.617. The molecule has 0 aliphatic carbocycles. The molecule has 0 saturated heterocycles. The van der Waals surface area contributed by atoms with Crippen LogP contribution in [0, 0.1) is 0 Å². The zero-order chi connectivity index (χ0) is 9.54. The molecule has 2 heterocycles. The maximum absolute atomic E-state index is 3.61. The van der Waals surface area contributed by atoms with Crippen LogP contribution in [-0.2, 0) is 6.42 Å². The molecule has 2 aliphatic rings. The van der Waals surface area contributed by atoms with Crippen molar-refractivity contribution in [3.8, 4) is 0 Å². The van der Waals surface area contributed by atoms with E-state index in [1.807, 2.05) is 0 Å². The van der Waals surface area contributed by atoms with Crippen molar-refractivity contribution in [1.82, 2.24) is 5.32 Å². The Morgan fingerprint density at radius 2 is 2.36 bits per heavy atom. The van der Waals surface area contributed by atoms with Gasteiger partial charge in [-0.1, -0.05) is 12.1 Å². The molecule has 74 valence electrons. The highest BCUT2D eigenvalue weighted by Gasteiger charge is 2.27. The van der Waals surface area contributed by atoms with Gasteiger partial charge in [-0.2, -0.15) is 0 Å². The van der Waals surface area contributed by atoms with Gasteiger partial charge >= 0.3 is 0 Å². The van der Waals surface area contributed by atoms with Crippen molar-refractivity contribution in [1.29, 1.82) is 0 Å². The molecule has 1 N–H and O–H groups in total. The Balaban J connectivity index is 2.19. The predicted octanol–water partition coefficient (Wildman–Crippen LogP) is 1.71. The number of rotatable bonds is 0. The van der Waals surface area contributed by atoms with E-state index in [0.29, 0.717) is 6.04 Å². The first kappa shape index (κ1) is 8.30. The maximum atomic E-state index is 3.61. The van der Waals surface area contributed by atoms with Crippen molar-refractivity contribution >= 4 is 5.69 Å². The van der Waals surface area contributed by atoms with Gasteiger partial charge < -0.3 is 10.2 Å². The van der Waals surface area contributed by atoms with Gasteiger partial charge in [-0.25, -0.2) is 0 Å². The fourth-order valence-corrected chi connectivity index (χ4v) is 2.73. The number of nitrogens with one attached hydrogen (secondary N) is 1. The van der Waals surface area contributed by atoms with Gasteiger partial charge in [0.15, 0.2) is 0 Å². The van der Waals surface area contributed by atoms with Gasteiger partial charge in [0.05, 0.1) is 0 Å². The lowest BCUT2D eigenvalue weighted by molar-refractivity contribution is 0.461. The zero-order valence-corrected chi connectivity index (χ0v) is 8.59. The quantitative estimate of drug-likeness (QED) is 0.667. The van der Waals surface area contributed by atoms with E-state index in [4.69, 9.17) is 0 Å². The molecule has 2 heteroatoms. The largest absolute Gasteiger partial charge is 0.374 e. The van der Waals surface area contributed by atoms with Crippen molar-refractivity contribution in [3.63, 3.8) is 0 Å². The lowest BCUT2D eigenvalue weighted by Crippen LogP contribution is -2.38. The van der Waals surface area contributed by atoms with Crippen LogP contribution in [0.25, 0.3) is 0 Å². The molecule has 0 amide bonds. The Morgan fingerprint density at radius 3 is 3.29 bits per heavy atom. The van der Waals surface area contributed by atoms with E-state index in [1.165, 1.54) is 25.1 Å². The third kappa shape index (κ3) is 1.07. The van der Waals surface area contributed by atoms with Gasteiger partial charge in [-0.15, -0.1) is 0 Å². The van der Waals surface area contributed by atoms with Crippen LogP contribution in [0.4, 0.5) is 5.69 Å². The Labute approximate surface area is 84.9 Å². The summed E-state index contributed by atoms with van der Waals surface area (Å²) in [4.78, 5) is 2.38. The van der Waals surface area contributed by atoms with Crippen molar-refractivity contribution in [2.45, 2.75) is 18.9 Å². The smallest absolute Gasteiger partial charge is 0.0414 e. The van der Waals surface area contributed by atoms with Gasteiger partial charge in [0.1, 0.15) is 0 Å². The summed E-state index contributed by atoms with van der Waals surface area (Å²) in [5.74, 6) is 0.